The molecule has 2 atom stereocenters. The Bertz CT molecular complexity index is 645. The summed E-state index contributed by atoms with van der Waals surface area (Å²) in [5.41, 5.74) is 1.24. The van der Waals surface area contributed by atoms with Gasteiger partial charge in [-0.05, 0) is 30.7 Å². The van der Waals surface area contributed by atoms with Crippen molar-refractivity contribution >= 4 is 5.96 Å². The van der Waals surface area contributed by atoms with E-state index in [-0.39, 0.29) is 12.6 Å². The first-order valence-electron chi connectivity index (χ1n) is 8.24. The van der Waals surface area contributed by atoms with Crippen LogP contribution in [-0.4, -0.2) is 36.8 Å². The van der Waals surface area contributed by atoms with Gasteiger partial charge in [0.1, 0.15) is 23.7 Å². The van der Waals surface area contributed by atoms with Crippen LogP contribution in [0.1, 0.15) is 24.4 Å². The molecule has 24 heavy (non-hydrogen) atoms. The molecule has 0 saturated carbocycles. The third-order valence-electron chi connectivity index (χ3n) is 3.85. The summed E-state index contributed by atoms with van der Waals surface area (Å²) in [4.78, 5) is 4.41. The van der Waals surface area contributed by atoms with Crippen molar-refractivity contribution < 1.29 is 14.3 Å². The minimum absolute atomic E-state index is 0.0845. The fraction of sp³-hybridized carbons (Fsp3) is 0.389. The zero-order valence-electron chi connectivity index (χ0n) is 13.7. The molecule has 2 aromatic rings. The number of nitrogens with zero attached hydrogens (tertiary/aromatic N) is 1. The van der Waals surface area contributed by atoms with Crippen LogP contribution >= 0.6 is 0 Å². The van der Waals surface area contributed by atoms with Gasteiger partial charge in [0, 0.05) is 13.0 Å². The van der Waals surface area contributed by atoms with Gasteiger partial charge in [0.15, 0.2) is 5.96 Å². The lowest BCUT2D eigenvalue weighted by Gasteiger charge is -2.16. The number of aliphatic hydroxyl groups excluding tert-OH is 1. The van der Waals surface area contributed by atoms with Crippen LogP contribution in [-0.2, 0) is 6.42 Å². The van der Waals surface area contributed by atoms with Crippen molar-refractivity contribution in [3.8, 4) is 5.75 Å². The second-order valence-electron chi connectivity index (χ2n) is 5.68. The number of rotatable bonds is 6. The maximum absolute atomic E-state index is 10.0. The number of hydrogen-bond acceptors (Lipinski definition) is 4. The number of aliphatic imine (C=N–C) groups is 1. The van der Waals surface area contributed by atoms with Crippen LogP contribution in [0.3, 0.4) is 0 Å². The van der Waals surface area contributed by atoms with Gasteiger partial charge in [-0.15, -0.1) is 0 Å². The number of hydrogen-bond donors (Lipinski definition) is 3. The minimum Gasteiger partial charge on any atom is -0.488 e. The number of nitrogens with one attached hydrogen (secondary N) is 2. The fourth-order valence-corrected chi connectivity index (χ4v) is 2.67. The molecule has 0 amide bonds. The number of guanidine groups is 1. The Hall–Kier alpha value is -2.47. The van der Waals surface area contributed by atoms with E-state index in [1.165, 1.54) is 5.56 Å². The Labute approximate surface area is 141 Å². The molecular formula is C18H23N3O3. The fourth-order valence-electron chi connectivity index (χ4n) is 2.67. The standard InChI is InChI=1S/C18H23N3O3/c1-2-19-18(21-12-15(22)17-8-5-9-23-17)20-11-14-10-13-6-3-4-7-16(13)24-14/h3-9,14-15,22H,2,10-12H2,1H3,(H2,19,20,21). The lowest BCUT2D eigenvalue weighted by Crippen LogP contribution is -2.42. The van der Waals surface area contributed by atoms with Crippen LogP contribution in [0.5, 0.6) is 5.75 Å². The summed E-state index contributed by atoms with van der Waals surface area (Å²) in [5, 5.41) is 16.5. The molecule has 1 aliphatic rings. The number of furan rings is 1. The summed E-state index contributed by atoms with van der Waals surface area (Å²) in [7, 11) is 0. The van der Waals surface area contributed by atoms with Crippen LogP contribution < -0.4 is 15.4 Å². The van der Waals surface area contributed by atoms with Crippen molar-refractivity contribution in [2.24, 2.45) is 4.99 Å². The van der Waals surface area contributed by atoms with Gasteiger partial charge < -0.3 is 24.9 Å². The minimum atomic E-state index is -0.748. The number of aliphatic hydroxyl groups is 1. The quantitative estimate of drug-likeness (QED) is 0.557. The molecule has 3 rings (SSSR count). The highest BCUT2D eigenvalue weighted by molar-refractivity contribution is 5.79. The Morgan fingerprint density at radius 2 is 2.17 bits per heavy atom. The summed E-state index contributed by atoms with van der Waals surface area (Å²) in [6, 6.07) is 11.6. The predicted octanol–water partition coefficient (Wildman–Crippen LogP) is 1.87. The second kappa shape index (κ2) is 7.88. The molecule has 1 aliphatic heterocycles. The van der Waals surface area contributed by atoms with Crippen molar-refractivity contribution in [2.75, 3.05) is 19.6 Å². The molecule has 0 saturated heterocycles. The second-order valence-corrected chi connectivity index (χ2v) is 5.68. The lowest BCUT2D eigenvalue weighted by atomic mass is 10.1. The van der Waals surface area contributed by atoms with E-state index in [0.717, 1.165) is 18.7 Å². The van der Waals surface area contributed by atoms with Gasteiger partial charge in [0.05, 0.1) is 19.4 Å². The first-order valence-corrected chi connectivity index (χ1v) is 8.24. The summed E-state index contributed by atoms with van der Waals surface area (Å²) in [6.07, 6.45) is 1.77. The normalized spacial score (nSPS) is 17.9. The van der Waals surface area contributed by atoms with Crippen LogP contribution in [0.25, 0.3) is 0 Å². The van der Waals surface area contributed by atoms with Crippen LogP contribution in [0.4, 0.5) is 0 Å². The van der Waals surface area contributed by atoms with Crippen LogP contribution in [0, 0.1) is 0 Å². The zero-order chi connectivity index (χ0) is 16.8. The van der Waals surface area contributed by atoms with E-state index in [9.17, 15) is 5.11 Å². The first-order chi connectivity index (χ1) is 11.8. The molecule has 0 aliphatic carbocycles. The summed E-state index contributed by atoms with van der Waals surface area (Å²) in [6.45, 7) is 3.63. The SMILES string of the molecule is CCNC(=NCC(O)c1ccco1)NCC1Cc2ccccc2O1. The lowest BCUT2D eigenvalue weighted by molar-refractivity contribution is 0.158. The molecule has 0 fully saturated rings. The van der Waals surface area contributed by atoms with E-state index in [0.29, 0.717) is 18.3 Å². The van der Waals surface area contributed by atoms with Crippen molar-refractivity contribution in [3.63, 3.8) is 0 Å². The molecule has 6 nitrogen and oxygen atoms in total. The zero-order valence-corrected chi connectivity index (χ0v) is 13.7. The van der Waals surface area contributed by atoms with Crippen molar-refractivity contribution in [1.29, 1.82) is 0 Å². The Morgan fingerprint density at radius 3 is 2.92 bits per heavy atom. The molecule has 2 unspecified atom stereocenters. The van der Waals surface area contributed by atoms with E-state index in [4.69, 9.17) is 9.15 Å². The molecule has 0 spiro atoms. The maximum Gasteiger partial charge on any atom is 0.191 e. The Kier molecular flexibility index (Phi) is 5.38. The molecular weight excluding hydrogens is 306 g/mol. The van der Waals surface area contributed by atoms with Gasteiger partial charge in [0.2, 0.25) is 0 Å². The van der Waals surface area contributed by atoms with Gasteiger partial charge in [0.25, 0.3) is 0 Å². The number of ether oxygens (including phenoxy) is 1. The molecule has 0 bridgehead atoms. The van der Waals surface area contributed by atoms with Gasteiger partial charge >= 0.3 is 0 Å². The van der Waals surface area contributed by atoms with Gasteiger partial charge in [-0.2, -0.15) is 0 Å². The van der Waals surface area contributed by atoms with Crippen molar-refractivity contribution in [1.82, 2.24) is 10.6 Å². The summed E-state index contributed by atoms with van der Waals surface area (Å²) < 4.78 is 11.1. The third-order valence-corrected chi connectivity index (χ3v) is 3.85. The molecule has 1 aromatic carbocycles. The number of fused-ring (bicyclic) bond motifs is 1. The van der Waals surface area contributed by atoms with Crippen LogP contribution in [0.15, 0.2) is 52.1 Å². The number of para-hydroxylation sites is 1. The third kappa shape index (κ3) is 4.08. The molecule has 0 radical (unpaired) electrons. The largest absolute Gasteiger partial charge is 0.488 e. The Morgan fingerprint density at radius 1 is 1.29 bits per heavy atom. The van der Waals surface area contributed by atoms with Gasteiger partial charge in [-0.1, -0.05) is 18.2 Å². The topological polar surface area (TPSA) is 79.0 Å². The average molecular weight is 329 g/mol. The van der Waals surface area contributed by atoms with E-state index in [2.05, 4.69) is 21.7 Å². The summed E-state index contributed by atoms with van der Waals surface area (Å²) >= 11 is 0. The molecule has 6 heteroatoms. The molecule has 128 valence electrons. The highest BCUT2D eigenvalue weighted by atomic mass is 16.5. The predicted molar refractivity (Wildman–Crippen MR) is 92.2 cm³/mol. The average Bonchev–Trinajstić information content (AvgIpc) is 3.26. The summed E-state index contributed by atoms with van der Waals surface area (Å²) in [5.74, 6) is 2.13. The molecule has 3 N–H and O–H groups in total. The van der Waals surface area contributed by atoms with E-state index in [1.807, 2.05) is 25.1 Å². The van der Waals surface area contributed by atoms with E-state index in [1.54, 1.807) is 18.4 Å². The highest BCUT2D eigenvalue weighted by Crippen LogP contribution is 2.27. The Balaban J connectivity index is 1.52. The van der Waals surface area contributed by atoms with Crippen molar-refractivity contribution in [3.05, 3.63) is 54.0 Å². The number of benzene rings is 1. The monoisotopic (exact) mass is 329 g/mol. The van der Waals surface area contributed by atoms with E-state index < -0.39 is 6.10 Å². The van der Waals surface area contributed by atoms with Gasteiger partial charge in [-0.25, -0.2) is 0 Å². The van der Waals surface area contributed by atoms with Crippen molar-refractivity contribution in [2.45, 2.75) is 25.6 Å². The van der Waals surface area contributed by atoms with E-state index >= 15 is 0 Å². The smallest absolute Gasteiger partial charge is 0.191 e. The first kappa shape index (κ1) is 16.4. The maximum atomic E-state index is 10.0. The molecule has 2 heterocycles. The van der Waals surface area contributed by atoms with Crippen LogP contribution in [0.2, 0.25) is 0 Å². The highest BCUT2D eigenvalue weighted by Gasteiger charge is 2.22. The molecule has 1 aromatic heterocycles. The van der Waals surface area contributed by atoms with Gasteiger partial charge in [-0.3, -0.25) is 4.99 Å².